The zero-order valence-electron chi connectivity index (χ0n) is 9.48. The maximum absolute atomic E-state index is 11.1. The Kier molecular flexibility index (Phi) is 2.64. The van der Waals surface area contributed by atoms with Gasteiger partial charge in [-0.3, -0.25) is 10.6 Å². The summed E-state index contributed by atoms with van der Waals surface area (Å²) in [6.07, 6.45) is 7.00. The summed E-state index contributed by atoms with van der Waals surface area (Å²) in [7, 11) is 0. The van der Waals surface area contributed by atoms with Crippen molar-refractivity contribution >= 4 is 5.97 Å². The second-order valence-electron chi connectivity index (χ2n) is 5.52. The summed E-state index contributed by atoms with van der Waals surface area (Å²) in [5.41, 5.74) is 0. The van der Waals surface area contributed by atoms with E-state index in [9.17, 15) is 4.79 Å². The Morgan fingerprint density at radius 1 is 1.00 bits per heavy atom. The summed E-state index contributed by atoms with van der Waals surface area (Å²) < 4.78 is 0. The summed E-state index contributed by atoms with van der Waals surface area (Å²) in [5.74, 6) is 0.747. The SMILES string of the molecule is O=C(O)C1NC2CCCC3CCCC(N1)C32. The first-order valence-corrected chi connectivity index (χ1v) is 6.50. The molecule has 4 nitrogen and oxygen atoms in total. The molecule has 0 radical (unpaired) electrons. The molecule has 0 aromatic rings. The fourth-order valence-electron chi connectivity index (χ4n) is 4.06. The molecule has 16 heavy (non-hydrogen) atoms. The van der Waals surface area contributed by atoms with Crippen LogP contribution in [0.4, 0.5) is 0 Å². The number of carboxylic acid groups (broad SMARTS) is 1. The minimum atomic E-state index is -0.758. The highest BCUT2D eigenvalue weighted by molar-refractivity contribution is 5.73. The third-order valence-corrected chi connectivity index (χ3v) is 4.66. The maximum atomic E-state index is 11.1. The lowest BCUT2D eigenvalue weighted by atomic mass is 9.65. The molecule has 1 saturated heterocycles. The average Bonchev–Trinajstić information content (AvgIpc) is 2.29. The fraction of sp³-hybridized carbons (Fsp3) is 0.917. The largest absolute Gasteiger partial charge is 0.479 e. The van der Waals surface area contributed by atoms with Gasteiger partial charge in [0, 0.05) is 12.1 Å². The van der Waals surface area contributed by atoms with Crippen molar-refractivity contribution in [1.82, 2.24) is 10.6 Å². The molecule has 2 saturated carbocycles. The molecule has 3 aliphatic rings. The molecule has 1 aliphatic heterocycles. The summed E-state index contributed by atoms with van der Waals surface area (Å²) in [6, 6.07) is 0.873. The van der Waals surface area contributed by atoms with Crippen LogP contribution in [0.5, 0.6) is 0 Å². The second-order valence-corrected chi connectivity index (χ2v) is 5.52. The topological polar surface area (TPSA) is 61.4 Å². The van der Waals surface area contributed by atoms with Crippen LogP contribution in [0.25, 0.3) is 0 Å². The maximum Gasteiger partial charge on any atom is 0.335 e. The van der Waals surface area contributed by atoms with Crippen LogP contribution in [0.2, 0.25) is 0 Å². The fourth-order valence-corrected chi connectivity index (χ4v) is 4.06. The van der Waals surface area contributed by atoms with Crippen LogP contribution < -0.4 is 10.6 Å². The minimum Gasteiger partial charge on any atom is -0.479 e. The Balaban J connectivity index is 1.80. The summed E-state index contributed by atoms with van der Waals surface area (Å²) in [4.78, 5) is 11.1. The van der Waals surface area contributed by atoms with E-state index in [-0.39, 0.29) is 0 Å². The van der Waals surface area contributed by atoms with Gasteiger partial charge in [0.1, 0.15) is 0 Å². The van der Waals surface area contributed by atoms with E-state index < -0.39 is 12.1 Å². The number of hydrogen-bond donors (Lipinski definition) is 3. The first-order valence-electron chi connectivity index (χ1n) is 6.50. The molecule has 3 rings (SSSR count). The second kappa shape index (κ2) is 4.00. The highest BCUT2D eigenvalue weighted by Gasteiger charge is 2.46. The first kappa shape index (κ1) is 10.5. The van der Waals surface area contributed by atoms with Gasteiger partial charge in [0.2, 0.25) is 0 Å². The van der Waals surface area contributed by atoms with Gasteiger partial charge in [0.15, 0.2) is 6.17 Å². The van der Waals surface area contributed by atoms with E-state index in [4.69, 9.17) is 5.11 Å². The Morgan fingerprint density at radius 3 is 2.06 bits per heavy atom. The lowest BCUT2D eigenvalue weighted by Crippen LogP contribution is -2.68. The third-order valence-electron chi connectivity index (χ3n) is 4.66. The van der Waals surface area contributed by atoms with Crippen LogP contribution in [0.3, 0.4) is 0 Å². The van der Waals surface area contributed by atoms with Crippen LogP contribution in [0, 0.1) is 11.8 Å². The van der Waals surface area contributed by atoms with E-state index in [1.54, 1.807) is 0 Å². The molecule has 1 heterocycles. The standard InChI is InChI=1S/C12H20N2O2/c15-12(16)11-13-8-5-1-3-7-4-2-6-9(14-11)10(7)8/h7-11,13-14H,1-6H2,(H,15,16). The van der Waals surface area contributed by atoms with Crippen LogP contribution in [0.1, 0.15) is 38.5 Å². The normalized spacial score (nSPS) is 47.1. The first-order chi connectivity index (χ1) is 7.75. The third kappa shape index (κ3) is 1.64. The Hall–Kier alpha value is -0.610. The van der Waals surface area contributed by atoms with Crippen LogP contribution >= 0.6 is 0 Å². The van der Waals surface area contributed by atoms with E-state index in [1.165, 1.54) is 25.7 Å². The molecule has 2 unspecified atom stereocenters. The number of carbonyl (C=O) groups is 1. The van der Waals surface area contributed by atoms with Gasteiger partial charge < -0.3 is 5.11 Å². The van der Waals surface area contributed by atoms with Gasteiger partial charge >= 0.3 is 5.97 Å². The van der Waals surface area contributed by atoms with E-state index in [2.05, 4.69) is 10.6 Å². The predicted octanol–water partition coefficient (Wildman–Crippen LogP) is 0.927. The van der Waals surface area contributed by atoms with Crippen molar-refractivity contribution in [2.24, 2.45) is 11.8 Å². The molecule has 2 aliphatic carbocycles. The van der Waals surface area contributed by atoms with Crippen molar-refractivity contribution in [2.75, 3.05) is 0 Å². The molecule has 0 spiro atoms. The van der Waals surface area contributed by atoms with E-state index >= 15 is 0 Å². The smallest absolute Gasteiger partial charge is 0.335 e. The molecule has 0 aromatic heterocycles. The van der Waals surface area contributed by atoms with Gasteiger partial charge in [-0.1, -0.05) is 25.7 Å². The van der Waals surface area contributed by atoms with Gasteiger partial charge in [0.25, 0.3) is 0 Å². The quantitative estimate of drug-likeness (QED) is 0.620. The highest BCUT2D eigenvalue weighted by atomic mass is 16.4. The van der Waals surface area contributed by atoms with Gasteiger partial charge in [-0.15, -0.1) is 0 Å². The van der Waals surface area contributed by atoms with Crippen molar-refractivity contribution in [3.63, 3.8) is 0 Å². The lowest BCUT2D eigenvalue weighted by Gasteiger charge is -2.51. The molecule has 4 heteroatoms. The molecule has 3 fully saturated rings. The van der Waals surface area contributed by atoms with Gasteiger partial charge in [-0.2, -0.15) is 0 Å². The molecular formula is C12H20N2O2. The zero-order valence-corrected chi connectivity index (χ0v) is 9.48. The summed E-state index contributed by atoms with van der Waals surface area (Å²) >= 11 is 0. The Bertz CT molecular complexity index is 275. The summed E-state index contributed by atoms with van der Waals surface area (Å²) in [6.45, 7) is 0. The van der Waals surface area contributed by atoms with Crippen molar-refractivity contribution in [2.45, 2.75) is 56.8 Å². The predicted molar refractivity (Wildman–Crippen MR) is 60.0 cm³/mol. The van der Waals surface area contributed by atoms with E-state index in [1.807, 2.05) is 0 Å². The Labute approximate surface area is 95.8 Å². The average molecular weight is 224 g/mol. The lowest BCUT2D eigenvalue weighted by molar-refractivity contribution is -0.143. The molecule has 3 N–H and O–H groups in total. The number of rotatable bonds is 1. The van der Waals surface area contributed by atoms with Crippen LogP contribution in [0.15, 0.2) is 0 Å². The molecule has 90 valence electrons. The molecule has 0 amide bonds. The van der Waals surface area contributed by atoms with Crippen LogP contribution in [-0.2, 0) is 4.79 Å². The molecule has 0 bridgehead atoms. The van der Waals surface area contributed by atoms with Gasteiger partial charge in [-0.05, 0) is 24.7 Å². The Morgan fingerprint density at radius 2 is 1.56 bits per heavy atom. The van der Waals surface area contributed by atoms with Gasteiger partial charge in [0.05, 0.1) is 0 Å². The number of aliphatic carboxylic acids is 1. The van der Waals surface area contributed by atoms with E-state index in [0.29, 0.717) is 18.0 Å². The van der Waals surface area contributed by atoms with Crippen molar-refractivity contribution in [3.8, 4) is 0 Å². The van der Waals surface area contributed by atoms with Crippen molar-refractivity contribution in [3.05, 3.63) is 0 Å². The number of hydrogen-bond acceptors (Lipinski definition) is 3. The minimum absolute atomic E-state index is 0.436. The van der Waals surface area contributed by atoms with Crippen molar-refractivity contribution < 1.29 is 9.90 Å². The van der Waals surface area contributed by atoms with Crippen LogP contribution in [-0.4, -0.2) is 29.3 Å². The van der Waals surface area contributed by atoms with Crippen molar-refractivity contribution in [1.29, 1.82) is 0 Å². The molecule has 0 aromatic carbocycles. The van der Waals surface area contributed by atoms with E-state index in [0.717, 1.165) is 18.8 Å². The highest BCUT2D eigenvalue weighted by Crippen LogP contribution is 2.42. The van der Waals surface area contributed by atoms with Gasteiger partial charge in [-0.25, -0.2) is 4.79 Å². The molecule has 2 atom stereocenters. The monoisotopic (exact) mass is 224 g/mol. The summed E-state index contributed by atoms with van der Waals surface area (Å²) in [5, 5.41) is 15.6. The zero-order chi connectivity index (χ0) is 11.1. The number of nitrogens with one attached hydrogen (secondary N) is 2. The molecular weight excluding hydrogens is 204 g/mol. The number of carboxylic acids is 1.